The number of hydrogen-bond acceptors (Lipinski definition) is 3. The fraction of sp³-hybridized carbons (Fsp3) is 0.0833. The van der Waals surface area contributed by atoms with E-state index in [-0.39, 0.29) is 0 Å². The molecule has 6 heteroatoms. The summed E-state index contributed by atoms with van der Waals surface area (Å²) in [4.78, 5) is 32.6. The summed E-state index contributed by atoms with van der Waals surface area (Å²) >= 11 is 0. The van der Waals surface area contributed by atoms with Gasteiger partial charge in [-0.15, -0.1) is 0 Å². The summed E-state index contributed by atoms with van der Waals surface area (Å²) in [5.41, 5.74) is 0.584. The van der Waals surface area contributed by atoms with Crippen LogP contribution in [-0.2, 0) is 7.05 Å². The van der Waals surface area contributed by atoms with E-state index in [2.05, 4.69) is 15.0 Å². The standard InChI is InChI=1S/C12H10N4O2/c1-16-10-8(11(17)15-12(16)18)13-9(14-10)7-5-3-2-4-6-7/h2-6H,1H3,(H,13,14)(H,15,17,18). The van der Waals surface area contributed by atoms with E-state index < -0.39 is 11.2 Å². The Morgan fingerprint density at radius 3 is 2.56 bits per heavy atom. The number of fused-ring (bicyclic) bond motifs is 1. The van der Waals surface area contributed by atoms with Gasteiger partial charge in [-0.2, -0.15) is 0 Å². The Morgan fingerprint density at radius 1 is 1.11 bits per heavy atom. The number of benzene rings is 1. The Bertz CT molecular complexity index is 827. The molecule has 0 saturated carbocycles. The van der Waals surface area contributed by atoms with E-state index in [1.165, 1.54) is 4.57 Å². The van der Waals surface area contributed by atoms with Crippen LogP contribution >= 0.6 is 0 Å². The SMILES string of the molecule is Cn1c(=O)[nH]c(=O)c2[nH]c(-c3ccccc3)nc21. The third-order valence-corrected chi connectivity index (χ3v) is 2.80. The summed E-state index contributed by atoms with van der Waals surface area (Å²) in [6, 6.07) is 9.42. The normalized spacial score (nSPS) is 10.9. The summed E-state index contributed by atoms with van der Waals surface area (Å²) in [6.45, 7) is 0. The first-order chi connectivity index (χ1) is 8.66. The van der Waals surface area contributed by atoms with Crippen LogP contribution in [0.25, 0.3) is 22.6 Å². The molecule has 0 aliphatic carbocycles. The van der Waals surface area contributed by atoms with Gasteiger partial charge < -0.3 is 4.98 Å². The van der Waals surface area contributed by atoms with Gasteiger partial charge in [-0.25, -0.2) is 9.78 Å². The van der Waals surface area contributed by atoms with Gasteiger partial charge in [0.15, 0.2) is 5.65 Å². The maximum absolute atomic E-state index is 11.7. The molecule has 0 bridgehead atoms. The van der Waals surface area contributed by atoms with E-state index in [0.717, 1.165) is 5.56 Å². The Balaban J connectivity index is 2.37. The van der Waals surface area contributed by atoms with Crippen molar-refractivity contribution in [3.05, 3.63) is 51.2 Å². The fourth-order valence-electron chi connectivity index (χ4n) is 1.84. The zero-order chi connectivity index (χ0) is 12.7. The topological polar surface area (TPSA) is 83.5 Å². The van der Waals surface area contributed by atoms with Gasteiger partial charge in [-0.3, -0.25) is 14.3 Å². The van der Waals surface area contributed by atoms with E-state index in [9.17, 15) is 9.59 Å². The van der Waals surface area contributed by atoms with Crippen molar-refractivity contribution in [1.29, 1.82) is 0 Å². The van der Waals surface area contributed by atoms with Crippen LogP contribution < -0.4 is 11.2 Å². The van der Waals surface area contributed by atoms with Crippen molar-refractivity contribution in [2.75, 3.05) is 0 Å². The van der Waals surface area contributed by atoms with Crippen molar-refractivity contribution in [2.24, 2.45) is 7.05 Å². The highest BCUT2D eigenvalue weighted by Gasteiger charge is 2.11. The predicted molar refractivity (Wildman–Crippen MR) is 67.4 cm³/mol. The summed E-state index contributed by atoms with van der Waals surface area (Å²) < 4.78 is 1.31. The molecule has 1 aromatic carbocycles. The lowest BCUT2D eigenvalue weighted by Gasteiger charge is -1.94. The number of H-pyrrole nitrogens is 2. The first-order valence-electron chi connectivity index (χ1n) is 5.41. The van der Waals surface area contributed by atoms with Crippen LogP contribution in [0.1, 0.15) is 0 Å². The van der Waals surface area contributed by atoms with Crippen LogP contribution in [0.4, 0.5) is 0 Å². The van der Waals surface area contributed by atoms with Gasteiger partial charge >= 0.3 is 5.69 Å². The average Bonchev–Trinajstić information content (AvgIpc) is 2.83. The molecule has 0 unspecified atom stereocenters. The first kappa shape index (κ1) is 10.5. The molecule has 3 aromatic rings. The lowest BCUT2D eigenvalue weighted by Crippen LogP contribution is -2.28. The molecule has 0 radical (unpaired) electrons. The second-order valence-corrected chi connectivity index (χ2v) is 3.97. The third-order valence-electron chi connectivity index (χ3n) is 2.80. The molecule has 0 aliphatic heterocycles. The molecule has 0 spiro atoms. The molecule has 2 N–H and O–H groups in total. The van der Waals surface area contributed by atoms with Crippen LogP contribution in [0.2, 0.25) is 0 Å². The zero-order valence-corrected chi connectivity index (χ0v) is 9.60. The van der Waals surface area contributed by atoms with Gasteiger partial charge in [0.25, 0.3) is 5.56 Å². The minimum atomic E-state index is -0.474. The van der Waals surface area contributed by atoms with Crippen molar-refractivity contribution in [3.63, 3.8) is 0 Å². The molecule has 0 atom stereocenters. The number of hydrogen-bond donors (Lipinski definition) is 2. The molecule has 2 aromatic heterocycles. The second kappa shape index (κ2) is 3.69. The lowest BCUT2D eigenvalue weighted by atomic mass is 10.2. The lowest BCUT2D eigenvalue weighted by molar-refractivity contribution is 0.832. The minimum absolute atomic E-state index is 0.302. The molecule has 0 fully saturated rings. The molecule has 6 nitrogen and oxygen atoms in total. The zero-order valence-electron chi connectivity index (χ0n) is 9.60. The highest BCUT2D eigenvalue weighted by Crippen LogP contribution is 2.16. The molecule has 0 saturated heterocycles. The van der Waals surface area contributed by atoms with Gasteiger partial charge in [0.05, 0.1) is 0 Å². The molecular formula is C12H10N4O2. The Kier molecular flexibility index (Phi) is 2.16. The monoisotopic (exact) mass is 242 g/mol. The predicted octanol–water partition coefficient (Wildman–Crippen LogP) is 0.617. The summed E-state index contributed by atoms with van der Waals surface area (Å²) in [5, 5.41) is 0. The maximum Gasteiger partial charge on any atom is 0.329 e. The molecule has 3 rings (SSSR count). The molecule has 90 valence electrons. The molecule has 0 aliphatic rings. The van der Waals surface area contributed by atoms with Gasteiger partial charge in [0.1, 0.15) is 11.3 Å². The van der Waals surface area contributed by atoms with Crippen molar-refractivity contribution >= 4 is 11.2 Å². The summed E-state index contributed by atoms with van der Waals surface area (Å²) in [7, 11) is 1.57. The maximum atomic E-state index is 11.7. The molecule has 18 heavy (non-hydrogen) atoms. The van der Waals surface area contributed by atoms with Crippen LogP contribution in [0.15, 0.2) is 39.9 Å². The number of nitrogens with one attached hydrogen (secondary N) is 2. The van der Waals surface area contributed by atoms with Crippen molar-refractivity contribution < 1.29 is 0 Å². The smallest absolute Gasteiger partial charge is 0.329 e. The summed E-state index contributed by atoms with van der Waals surface area (Å²) in [5.74, 6) is 0.567. The van der Waals surface area contributed by atoms with Crippen molar-refractivity contribution in [3.8, 4) is 11.4 Å². The number of rotatable bonds is 1. The Labute approximate surface area is 101 Å². The minimum Gasteiger partial charge on any atom is -0.332 e. The van der Waals surface area contributed by atoms with Crippen LogP contribution in [0, 0.1) is 0 Å². The van der Waals surface area contributed by atoms with Gasteiger partial charge in [-0.05, 0) is 0 Å². The quantitative estimate of drug-likeness (QED) is 0.656. The van der Waals surface area contributed by atoms with E-state index >= 15 is 0 Å². The highest BCUT2D eigenvalue weighted by atomic mass is 16.2. The van der Waals surface area contributed by atoms with Crippen LogP contribution in [0.3, 0.4) is 0 Å². The third kappa shape index (κ3) is 1.46. The fourth-order valence-corrected chi connectivity index (χ4v) is 1.84. The number of aromatic amines is 2. The van der Waals surface area contributed by atoms with Crippen LogP contribution in [0.5, 0.6) is 0 Å². The van der Waals surface area contributed by atoms with Gasteiger partial charge in [0.2, 0.25) is 0 Å². The average molecular weight is 242 g/mol. The van der Waals surface area contributed by atoms with E-state index in [1.54, 1.807) is 7.05 Å². The van der Waals surface area contributed by atoms with Gasteiger partial charge in [0, 0.05) is 12.6 Å². The highest BCUT2D eigenvalue weighted by molar-refractivity contribution is 5.75. The molecule has 2 heterocycles. The number of aryl methyl sites for hydroxylation is 1. The summed E-state index contributed by atoms with van der Waals surface area (Å²) in [6.07, 6.45) is 0. The molecule has 0 amide bonds. The number of imidazole rings is 1. The van der Waals surface area contributed by atoms with Gasteiger partial charge in [-0.1, -0.05) is 30.3 Å². The van der Waals surface area contributed by atoms with Crippen molar-refractivity contribution in [2.45, 2.75) is 0 Å². The van der Waals surface area contributed by atoms with Crippen LogP contribution in [-0.4, -0.2) is 19.5 Å². The Hall–Kier alpha value is -2.63. The van der Waals surface area contributed by atoms with Crippen molar-refractivity contribution in [1.82, 2.24) is 19.5 Å². The largest absolute Gasteiger partial charge is 0.332 e. The van der Waals surface area contributed by atoms with E-state index in [4.69, 9.17) is 0 Å². The van der Waals surface area contributed by atoms with E-state index in [0.29, 0.717) is 17.0 Å². The van der Waals surface area contributed by atoms with E-state index in [1.807, 2.05) is 30.3 Å². The first-order valence-corrected chi connectivity index (χ1v) is 5.41. The Morgan fingerprint density at radius 2 is 1.83 bits per heavy atom. The molecular weight excluding hydrogens is 232 g/mol. The number of aromatic nitrogens is 4. The second-order valence-electron chi connectivity index (χ2n) is 3.97. The number of nitrogens with zero attached hydrogens (tertiary/aromatic N) is 2.